The van der Waals surface area contributed by atoms with Crippen molar-refractivity contribution in [2.75, 3.05) is 46.3 Å². The van der Waals surface area contributed by atoms with Crippen LogP contribution in [-0.2, 0) is 0 Å². The van der Waals surface area contributed by atoms with Gasteiger partial charge in [-0.1, -0.05) is 6.92 Å². The quantitative estimate of drug-likeness (QED) is 0.773. The van der Waals surface area contributed by atoms with Gasteiger partial charge in [-0.15, -0.1) is 0 Å². The molecule has 0 aliphatic carbocycles. The Labute approximate surface area is 112 Å². The van der Waals surface area contributed by atoms with Gasteiger partial charge in [0.1, 0.15) is 5.54 Å². The summed E-state index contributed by atoms with van der Waals surface area (Å²) in [6, 6.07) is 2.43. The zero-order valence-corrected chi connectivity index (χ0v) is 12.2. The smallest absolute Gasteiger partial charge is 0.105 e. The third-order valence-corrected chi connectivity index (χ3v) is 3.75. The van der Waals surface area contributed by atoms with E-state index in [1.807, 2.05) is 6.92 Å². The van der Waals surface area contributed by atoms with Crippen molar-refractivity contribution in [3.63, 3.8) is 0 Å². The summed E-state index contributed by atoms with van der Waals surface area (Å²) in [6.07, 6.45) is 3.22. The van der Waals surface area contributed by atoms with Gasteiger partial charge in [-0.25, -0.2) is 0 Å². The maximum absolute atomic E-state index is 9.30. The molecule has 0 bridgehead atoms. The van der Waals surface area contributed by atoms with Crippen LogP contribution in [0.2, 0.25) is 0 Å². The Morgan fingerprint density at radius 1 is 1.28 bits per heavy atom. The second-order valence-corrected chi connectivity index (χ2v) is 5.62. The van der Waals surface area contributed by atoms with Gasteiger partial charge in [-0.05, 0) is 52.9 Å². The summed E-state index contributed by atoms with van der Waals surface area (Å²) in [5, 5.41) is 12.7. The van der Waals surface area contributed by atoms with Crippen LogP contribution in [0, 0.1) is 11.3 Å². The van der Waals surface area contributed by atoms with E-state index in [0.717, 1.165) is 39.0 Å². The summed E-state index contributed by atoms with van der Waals surface area (Å²) < 4.78 is 0. The van der Waals surface area contributed by atoms with Crippen molar-refractivity contribution in [3.05, 3.63) is 0 Å². The summed E-state index contributed by atoms with van der Waals surface area (Å²) in [4.78, 5) is 4.88. The summed E-state index contributed by atoms with van der Waals surface area (Å²) >= 11 is 0. The lowest BCUT2D eigenvalue weighted by atomic mass is 9.99. The number of hydrogen-bond acceptors (Lipinski definition) is 4. The highest BCUT2D eigenvalue weighted by Gasteiger charge is 2.24. The largest absolute Gasteiger partial charge is 0.305 e. The first-order valence-corrected chi connectivity index (χ1v) is 7.17. The molecule has 1 fully saturated rings. The molecule has 1 N–H and O–H groups in total. The Balaban J connectivity index is 2.35. The minimum atomic E-state index is -0.367. The first-order valence-electron chi connectivity index (χ1n) is 7.17. The molecule has 1 unspecified atom stereocenters. The van der Waals surface area contributed by atoms with Gasteiger partial charge in [-0.3, -0.25) is 5.32 Å². The fraction of sp³-hybridized carbons (Fsp3) is 0.929. The van der Waals surface area contributed by atoms with Gasteiger partial charge in [0.25, 0.3) is 0 Å². The summed E-state index contributed by atoms with van der Waals surface area (Å²) in [6.45, 7) is 10.7. The molecule has 0 amide bonds. The Hall–Kier alpha value is -0.630. The van der Waals surface area contributed by atoms with Crippen LogP contribution >= 0.6 is 0 Å². The number of rotatable bonds is 6. The topological polar surface area (TPSA) is 42.3 Å². The monoisotopic (exact) mass is 252 g/mol. The van der Waals surface area contributed by atoms with Gasteiger partial charge in [0, 0.05) is 19.6 Å². The third-order valence-electron chi connectivity index (χ3n) is 3.75. The molecule has 1 aliphatic heterocycles. The zero-order valence-electron chi connectivity index (χ0n) is 12.2. The highest BCUT2D eigenvalue weighted by Crippen LogP contribution is 2.11. The maximum atomic E-state index is 9.30. The predicted molar refractivity (Wildman–Crippen MR) is 75.5 cm³/mol. The van der Waals surface area contributed by atoms with Crippen molar-refractivity contribution in [1.29, 1.82) is 5.26 Å². The second kappa shape index (κ2) is 7.73. The maximum Gasteiger partial charge on any atom is 0.105 e. The van der Waals surface area contributed by atoms with E-state index in [0.29, 0.717) is 0 Å². The van der Waals surface area contributed by atoms with Crippen LogP contribution in [0.25, 0.3) is 0 Å². The number of nitrogens with one attached hydrogen (secondary N) is 1. The van der Waals surface area contributed by atoms with E-state index < -0.39 is 0 Å². The molecule has 104 valence electrons. The van der Waals surface area contributed by atoms with E-state index in [1.54, 1.807) is 0 Å². The predicted octanol–water partition coefficient (Wildman–Crippen LogP) is 1.30. The van der Waals surface area contributed by atoms with Crippen LogP contribution in [0.3, 0.4) is 0 Å². The average Bonchev–Trinajstić information content (AvgIpc) is 2.59. The average molecular weight is 252 g/mol. The number of nitriles is 1. The van der Waals surface area contributed by atoms with Crippen molar-refractivity contribution in [3.8, 4) is 6.07 Å². The number of likely N-dealkylation sites (N-methyl/N-ethyl adjacent to an activating group) is 1. The lowest BCUT2D eigenvalue weighted by Crippen LogP contribution is -2.44. The van der Waals surface area contributed by atoms with E-state index in [4.69, 9.17) is 0 Å². The van der Waals surface area contributed by atoms with Crippen molar-refractivity contribution >= 4 is 0 Å². The number of nitrogens with zero attached hydrogens (tertiary/aromatic N) is 3. The molecule has 4 nitrogen and oxygen atoms in total. The van der Waals surface area contributed by atoms with Gasteiger partial charge >= 0.3 is 0 Å². The highest BCUT2D eigenvalue weighted by molar-refractivity contribution is 5.03. The molecule has 18 heavy (non-hydrogen) atoms. The molecule has 1 rings (SSSR count). The fourth-order valence-electron chi connectivity index (χ4n) is 2.29. The molecule has 0 saturated carbocycles. The molecular formula is C14H28N4. The standard InChI is InChI=1S/C14H28N4/c1-4-7-16-14(2,13-15)6-10-18-9-5-8-17(3)11-12-18/h16H,4-12H2,1-3H3. The summed E-state index contributed by atoms with van der Waals surface area (Å²) in [5.74, 6) is 0. The SMILES string of the molecule is CCCNC(C)(C#N)CCN1CCCN(C)CC1. The molecule has 0 aromatic carbocycles. The van der Waals surface area contributed by atoms with Gasteiger partial charge in [0.15, 0.2) is 0 Å². The van der Waals surface area contributed by atoms with E-state index >= 15 is 0 Å². The Morgan fingerprint density at radius 3 is 2.72 bits per heavy atom. The van der Waals surface area contributed by atoms with Crippen molar-refractivity contribution in [2.24, 2.45) is 0 Å². The zero-order chi connectivity index (χ0) is 13.4. The van der Waals surface area contributed by atoms with Crippen molar-refractivity contribution in [2.45, 2.75) is 38.6 Å². The van der Waals surface area contributed by atoms with Gasteiger partial charge in [0.2, 0.25) is 0 Å². The van der Waals surface area contributed by atoms with Gasteiger partial charge < -0.3 is 9.80 Å². The van der Waals surface area contributed by atoms with E-state index in [-0.39, 0.29) is 5.54 Å². The van der Waals surface area contributed by atoms with Crippen LogP contribution in [0.15, 0.2) is 0 Å². The van der Waals surface area contributed by atoms with Gasteiger partial charge in [-0.2, -0.15) is 5.26 Å². The van der Waals surface area contributed by atoms with E-state index in [2.05, 4.69) is 35.2 Å². The first-order chi connectivity index (χ1) is 8.59. The normalized spacial score (nSPS) is 22.1. The molecule has 4 heteroatoms. The molecule has 1 atom stereocenters. The van der Waals surface area contributed by atoms with Gasteiger partial charge in [0.05, 0.1) is 6.07 Å². The lowest BCUT2D eigenvalue weighted by molar-refractivity contribution is 0.249. The molecule has 1 aliphatic rings. The molecule has 0 aromatic rings. The lowest BCUT2D eigenvalue weighted by Gasteiger charge is -2.27. The molecule has 1 heterocycles. The number of hydrogen-bond donors (Lipinski definition) is 1. The Kier molecular flexibility index (Phi) is 6.62. The summed E-state index contributed by atoms with van der Waals surface area (Å²) in [5.41, 5.74) is -0.367. The molecule has 1 saturated heterocycles. The molecule has 0 spiro atoms. The molecule has 0 radical (unpaired) electrons. The van der Waals surface area contributed by atoms with Crippen LogP contribution in [0.5, 0.6) is 0 Å². The van der Waals surface area contributed by atoms with Crippen LogP contribution in [0.4, 0.5) is 0 Å². The molecular weight excluding hydrogens is 224 g/mol. The van der Waals surface area contributed by atoms with Crippen LogP contribution < -0.4 is 5.32 Å². The van der Waals surface area contributed by atoms with E-state index in [1.165, 1.54) is 19.5 Å². The van der Waals surface area contributed by atoms with Crippen molar-refractivity contribution < 1.29 is 0 Å². The highest BCUT2D eigenvalue weighted by atomic mass is 15.2. The third kappa shape index (κ3) is 5.34. The second-order valence-electron chi connectivity index (χ2n) is 5.62. The molecule has 0 aromatic heterocycles. The Bertz CT molecular complexity index is 273. The summed E-state index contributed by atoms with van der Waals surface area (Å²) in [7, 11) is 2.19. The van der Waals surface area contributed by atoms with Crippen LogP contribution in [-0.4, -0.2) is 61.7 Å². The fourth-order valence-corrected chi connectivity index (χ4v) is 2.29. The van der Waals surface area contributed by atoms with Crippen LogP contribution in [0.1, 0.15) is 33.1 Å². The minimum Gasteiger partial charge on any atom is -0.305 e. The first kappa shape index (κ1) is 15.4. The Morgan fingerprint density at radius 2 is 2.06 bits per heavy atom. The van der Waals surface area contributed by atoms with E-state index in [9.17, 15) is 5.26 Å². The minimum absolute atomic E-state index is 0.367. The van der Waals surface area contributed by atoms with Crippen molar-refractivity contribution in [1.82, 2.24) is 15.1 Å².